The second kappa shape index (κ2) is 7.09. The fourth-order valence-electron chi connectivity index (χ4n) is 4.04. The van der Waals surface area contributed by atoms with Crippen molar-refractivity contribution >= 4 is 16.7 Å². The molecule has 0 bridgehead atoms. The fourth-order valence-corrected chi connectivity index (χ4v) is 4.04. The van der Waals surface area contributed by atoms with Gasteiger partial charge in [-0.25, -0.2) is 9.97 Å². The maximum absolute atomic E-state index is 13.4. The lowest BCUT2D eigenvalue weighted by Gasteiger charge is -2.15. The first kappa shape index (κ1) is 18.5. The highest BCUT2D eigenvalue weighted by molar-refractivity contribution is 5.92. The third kappa shape index (κ3) is 3.36. The lowest BCUT2D eigenvalue weighted by atomic mass is 10.0. The molecule has 0 fully saturated rings. The van der Waals surface area contributed by atoms with Crippen LogP contribution in [0.3, 0.4) is 0 Å². The third-order valence-electron chi connectivity index (χ3n) is 5.41. The van der Waals surface area contributed by atoms with Crippen LogP contribution in [-0.2, 0) is 19.0 Å². The average Bonchev–Trinajstić information content (AvgIpc) is 3.15. The van der Waals surface area contributed by atoms with Crippen molar-refractivity contribution in [1.29, 1.82) is 0 Å². The summed E-state index contributed by atoms with van der Waals surface area (Å²) in [5.41, 5.74) is 2.72. The second-order valence-corrected chi connectivity index (χ2v) is 7.37. The molecule has 0 radical (unpaired) electrons. The lowest BCUT2D eigenvalue weighted by molar-refractivity contribution is -0.137. The van der Waals surface area contributed by atoms with Crippen LogP contribution in [0.4, 0.5) is 19.0 Å². The third-order valence-corrected chi connectivity index (χ3v) is 5.41. The van der Waals surface area contributed by atoms with Gasteiger partial charge in [0.1, 0.15) is 12.1 Å². The van der Waals surface area contributed by atoms with Crippen molar-refractivity contribution in [2.75, 3.05) is 5.32 Å². The standard InChI is InChI=1S/C23H17F3N4/c24-23(25,26)19-6-3-9-27-21(19)16-7-8-18-20(12-16)28-13-29-22(18)30-17-10-14-4-1-2-5-15(14)11-17/h1-9,12-13,17H,10-11H2,(H,28,29,30). The molecule has 1 N–H and O–H groups in total. The Bertz CT molecular complexity index is 1210. The van der Waals surface area contributed by atoms with Gasteiger partial charge in [0.05, 0.1) is 16.8 Å². The molecule has 0 spiro atoms. The molecule has 4 nitrogen and oxygen atoms in total. The van der Waals surface area contributed by atoms with E-state index in [0.29, 0.717) is 16.9 Å². The highest BCUT2D eigenvalue weighted by Gasteiger charge is 2.34. The van der Waals surface area contributed by atoms with Crippen LogP contribution in [0.25, 0.3) is 22.2 Å². The van der Waals surface area contributed by atoms with E-state index in [4.69, 9.17) is 0 Å². The van der Waals surface area contributed by atoms with Crippen LogP contribution in [0.1, 0.15) is 16.7 Å². The van der Waals surface area contributed by atoms with Gasteiger partial charge in [-0.15, -0.1) is 0 Å². The number of nitrogens with zero attached hydrogens (tertiary/aromatic N) is 3. The van der Waals surface area contributed by atoms with Gasteiger partial charge in [0, 0.05) is 23.2 Å². The first-order chi connectivity index (χ1) is 14.5. The zero-order valence-electron chi connectivity index (χ0n) is 15.8. The minimum atomic E-state index is -4.48. The van der Waals surface area contributed by atoms with Crippen molar-refractivity contribution in [3.05, 3.63) is 83.8 Å². The van der Waals surface area contributed by atoms with E-state index in [9.17, 15) is 13.2 Å². The van der Waals surface area contributed by atoms with Gasteiger partial charge < -0.3 is 5.32 Å². The fraction of sp³-hybridized carbons (Fsp3) is 0.174. The molecule has 0 aliphatic heterocycles. The molecule has 1 aliphatic carbocycles. The zero-order chi connectivity index (χ0) is 20.7. The summed E-state index contributed by atoms with van der Waals surface area (Å²) >= 11 is 0. The monoisotopic (exact) mass is 406 g/mol. The number of anilines is 1. The predicted octanol–water partition coefficient (Wildman–Crippen LogP) is 5.29. The quantitative estimate of drug-likeness (QED) is 0.502. The highest BCUT2D eigenvalue weighted by atomic mass is 19.4. The van der Waals surface area contributed by atoms with Crippen LogP contribution in [0.15, 0.2) is 67.1 Å². The SMILES string of the molecule is FC(F)(F)c1cccnc1-c1ccc2c(NC3Cc4ccccc4C3)ncnc2c1. The molecule has 0 unspecified atom stereocenters. The van der Waals surface area contributed by atoms with E-state index in [1.165, 1.54) is 29.7 Å². The van der Waals surface area contributed by atoms with E-state index in [2.05, 4.69) is 32.4 Å². The van der Waals surface area contributed by atoms with Crippen molar-refractivity contribution in [3.63, 3.8) is 0 Å². The summed E-state index contributed by atoms with van der Waals surface area (Å²) in [7, 11) is 0. The summed E-state index contributed by atoms with van der Waals surface area (Å²) in [5, 5.41) is 4.24. The summed E-state index contributed by atoms with van der Waals surface area (Å²) in [6, 6.07) is 15.9. The topological polar surface area (TPSA) is 50.7 Å². The van der Waals surface area contributed by atoms with Crippen LogP contribution >= 0.6 is 0 Å². The Morgan fingerprint density at radius 3 is 2.37 bits per heavy atom. The number of benzene rings is 2. The van der Waals surface area contributed by atoms with E-state index in [1.54, 1.807) is 18.2 Å². The van der Waals surface area contributed by atoms with Crippen LogP contribution in [-0.4, -0.2) is 21.0 Å². The molecule has 0 amide bonds. The maximum Gasteiger partial charge on any atom is 0.418 e. The zero-order valence-corrected chi connectivity index (χ0v) is 15.8. The first-order valence-corrected chi connectivity index (χ1v) is 9.60. The molecule has 5 rings (SSSR count). The molecule has 1 aliphatic rings. The number of aromatic nitrogens is 3. The summed E-state index contributed by atoms with van der Waals surface area (Å²) in [6.07, 6.45) is 0.124. The van der Waals surface area contributed by atoms with Crippen molar-refractivity contribution < 1.29 is 13.2 Å². The predicted molar refractivity (Wildman–Crippen MR) is 109 cm³/mol. The number of hydrogen-bond donors (Lipinski definition) is 1. The molecule has 4 aromatic rings. The number of fused-ring (bicyclic) bond motifs is 2. The second-order valence-electron chi connectivity index (χ2n) is 7.37. The van der Waals surface area contributed by atoms with E-state index >= 15 is 0 Å². The summed E-state index contributed by atoms with van der Waals surface area (Å²) in [6.45, 7) is 0. The lowest BCUT2D eigenvalue weighted by Crippen LogP contribution is -2.20. The normalized spacial score (nSPS) is 14.1. The van der Waals surface area contributed by atoms with Gasteiger partial charge in [-0.05, 0) is 48.2 Å². The Hall–Kier alpha value is -3.48. The number of hydrogen-bond acceptors (Lipinski definition) is 4. The van der Waals surface area contributed by atoms with E-state index in [0.717, 1.165) is 24.3 Å². The van der Waals surface area contributed by atoms with Crippen molar-refractivity contribution in [2.24, 2.45) is 0 Å². The summed E-state index contributed by atoms with van der Waals surface area (Å²) < 4.78 is 40.1. The van der Waals surface area contributed by atoms with Gasteiger partial charge in [0.15, 0.2) is 0 Å². The number of rotatable bonds is 3. The van der Waals surface area contributed by atoms with E-state index < -0.39 is 11.7 Å². The van der Waals surface area contributed by atoms with Gasteiger partial charge in [0.2, 0.25) is 0 Å². The average molecular weight is 406 g/mol. The number of halogens is 3. The molecule has 2 aromatic carbocycles. The van der Waals surface area contributed by atoms with Crippen LogP contribution < -0.4 is 5.32 Å². The molecule has 2 aromatic heterocycles. The Kier molecular flexibility index (Phi) is 4.38. The molecule has 0 atom stereocenters. The highest BCUT2D eigenvalue weighted by Crippen LogP contribution is 2.37. The van der Waals surface area contributed by atoms with Gasteiger partial charge in [-0.2, -0.15) is 13.2 Å². The van der Waals surface area contributed by atoms with Crippen LogP contribution in [0, 0.1) is 0 Å². The molecule has 7 heteroatoms. The van der Waals surface area contributed by atoms with Gasteiger partial charge in [-0.1, -0.05) is 30.3 Å². The first-order valence-electron chi connectivity index (χ1n) is 9.60. The Labute approximate surface area is 170 Å². The molecule has 0 saturated heterocycles. The molecule has 150 valence electrons. The van der Waals surface area contributed by atoms with E-state index in [1.807, 2.05) is 12.1 Å². The summed E-state index contributed by atoms with van der Waals surface area (Å²) in [5.74, 6) is 0.682. The van der Waals surface area contributed by atoms with Crippen molar-refractivity contribution in [1.82, 2.24) is 15.0 Å². The minimum Gasteiger partial charge on any atom is -0.366 e. The van der Waals surface area contributed by atoms with Gasteiger partial charge in [-0.3, -0.25) is 4.98 Å². The smallest absolute Gasteiger partial charge is 0.366 e. The van der Waals surface area contributed by atoms with Crippen molar-refractivity contribution in [2.45, 2.75) is 25.1 Å². The number of alkyl halides is 3. The van der Waals surface area contributed by atoms with Crippen molar-refractivity contribution in [3.8, 4) is 11.3 Å². The Balaban J connectivity index is 1.48. The Morgan fingerprint density at radius 2 is 1.63 bits per heavy atom. The minimum absolute atomic E-state index is 0.105. The molecular weight excluding hydrogens is 389 g/mol. The van der Waals surface area contributed by atoms with Gasteiger partial charge >= 0.3 is 6.18 Å². The number of nitrogens with one attached hydrogen (secondary N) is 1. The number of pyridine rings is 1. The molecular formula is C23H17F3N4. The Morgan fingerprint density at radius 1 is 0.867 bits per heavy atom. The van der Waals surface area contributed by atoms with Gasteiger partial charge in [0.25, 0.3) is 0 Å². The van der Waals surface area contributed by atoms with E-state index in [-0.39, 0.29) is 11.7 Å². The molecule has 2 heterocycles. The molecule has 30 heavy (non-hydrogen) atoms. The maximum atomic E-state index is 13.4. The summed E-state index contributed by atoms with van der Waals surface area (Å²) in [4.78, 5) is 12.6. The molecule has 0 saturated carbocycles. The van der Waals surface area contributed by atoms with Crippen LogP contribution in [0.2, 0.25) is 0 Å². The largest absolute Gasteiger partial charge is 0.418 e. The van der Waals surface area contributed by atoms with Crippen LogP contribution in [0.5, 0.6) is 0 Å².